The fourth-order valence-electron chi connectivity index (χ4n) is 2.45. The van der Waals surface area contributed by atoms with Gasteiger partial charge in [-0.1, -0.05) is 13.8 Å². The lowest BCUT2D eigenvalue weighted by molar-refractivity contribution is 0.394. The summed E-state index contributed by atoms with van der Waals surface area (Å²) in [5, 5.41) is 0. The summed E-state index contributed by atoms with van der Waals surface area (Å²) < 4.78 is 2.28. The Morgan fingerprint density at radius 3 is 2.93 bits per heavy atom. The van der Waals surface area contributed by atoms with Crippen molar-refractivity contribution in [1.29, 1.82) is 0 Å². The van der Waals surface area contributed by atoms with Gasteiger partial charge in [-0.25, -0.2) is 4.98 Å². The molecule has 0 aliphatic carbocycles. The Morgan fingerprint density at radius 1 is 1.53 bits per heavy atom. The minimum absolute atomic E-state index is 0.156. The molecule has 0 bridgehead atoms. The molecule has 84 valence electrons. The Balaban J connectivity index is 2.39. The Kier molecular flexibility index (Phi) is 2.83. The number of imidazole rings is 1. The van der Waals surface area contributed by atoms with Gasteiger partial charge in [-0.3, -0.25) is 0 Å². The Hall–Kier alpha value is -0.830. The fourth-order valence-corrected chi connectivity index (χ4v) is 2.45. The molecule has 15 heavy (non-hydrogen) atoms. The van der Waals surface area contributed by atoms with Gasteiger partial charge in [-0.05, 0) is 32.1 Å². The molecular formula is C12H21N3. The first kappa shape index (κ1) is 10.7. The quantitative estimate of drug-likeness (QED) is 0.807. The molecular weight excluding hydrogens is 186 g/mol. The van der Waals surface area contributed by atoms with Gasteiger partial charge in [0.25, 0.3) is 0 Å². The number of hydrogen-bond donors (Lipinski definition) is 1. The van der Waals surface area contributed by atoms with Gasteiger partial charge in [0.15, 0.2) is 0 Å². The second kappa shape index (κ2) is 3.97. The Bertz CT molecular complexity index is 352. The van der Waals surface area contributed by atoms with E-state index < -0.39 is 0 Å². The van der Waals surface area contributed by atoms with E-state index >= 15 is 0 Å². The van der Waals surface area contributed by atoms with Crippen LogP contribution < -0.4 is 5.73 Å². The van der Waals surface area contributed by atoms with Crippen LogP contribution in [0.25, 0.3) is 0 Å². The predicted octanol–water partition coefficient (Wildman–Crippen LogP) is 2.18. The molecule has 0 radical (unpaired) electrons. The molecule has 0 fully saturated rings. The van der Waals surface area contributed by atoms with Crippen molar-refractivity contribution in [2.24, 2.45) is 11.7 Å². The van der Waals surface area contributed by atoms with Crippen LogP contribution in [0.1, 0.15) is 50.1 Å². The average molecular weight is 207 g/mol. The number of nitrogens with zero attached hydrogens (tertiary/aromatic N) is 2. The monoisotopic (exact) mass is 207 g/mol. The first-order valence-electron chi connectivity index (χ1n) is 5.91. The lowest BCUT2D eigenvalue weighted by atomic mass is 10.1. The summed E-state index contributed by atoms with van der Waals surface area (Å²) in [6.45, 7) is 6.56. The van der Waals surface area contributed by atoms with E-state index in [-0.39, 0.29) is 6.17 Å². The van der Waals surface area contributed by atoms with Crippen LogP contribution in [0.4, 0.5) is 0 Å². The van der Waals surface area contributed by atoms with Gasteiger partial charge in [0.05, 0.1) is 11.9 Å². The zero-order valence-electron chi connectivity index (χ0n) is 9.95. The molecule has 1 atom stereocenters. The molecule has 0 saturated heterocycles. The van der Waals surface area contributed by atoms with Crippen LogP contribution in [-0.4, -0.2) is 9.55 Å². The summed E-state index contributed by atoms with van der Waals surface area (Å²) in [7, 11) is 0. The summed E-state index contributed by atoms with van der Waals surface area (Å²) in [5.74, 6) is 1.83. The zero-order valence-corrected chi connectivity index (χ0v) is 9.95. The summed E-state index contributed by atoms with van der Waals surface area (Å²) in [4.78, 5) is 4.67. The second-order valence-corrected chi connectivity index (χ2v) is 4.99. The maximum atomic E-state index is 6.16. The van der Waals surface area contributed by atoms with E-state index in [1.165, 1.54) is 23.6 Å². The first-order valence-corrected chi connectivity index (χ1v) is 5.91. The van der Waals surface area contributed by atoms with E-state index in [4.69, 9.17) is 5.73 Å². The maximum absolute atomic E-state index is 6.16. The smallest absolute Gasteiger partial charge is 0.110 e. The molecule has 0 spiro atoms. The van der Waals surface area contributed by atoms with Crippen LogP contribution in [0.5, 0.6) is 0 Å². The molecule has 0 saturated carbocycles. The minimum atomic E-state index is 0.156. The van der Waals surface area contributed by atoms with Crippen molar-refractivity contribution in [3.8, 4) is 0 Å². The van der Waals surface area contributed by atoms with Crippen LogP contribution in [0, 0.1) is 12.8 Å². The molecule has 1 aromatic rings. The number of hydrogen-bond acceptors (Lipinski definition) is 2. The molecule has 3 nitrogen and oxygen atoms in total. The molecule has 0 aromatic carbocycles. The van der Waals surface area contributed by atoms with Gasteiger partial charge in [0.2, 0.25) is 0 Å². The van der Waals surface area contributed by atoms with Gasteiger partial charge in [0, 0.05) is 12.1 Å². The molecule has 2 N–H and O–H groups in total. The van der Waals surface area contributed by atoms with E-state index in [1.54, 1.807) is 0 Å². The molecule has 1 aromatic heterocycles. The van der Waals surface area contributed by atoms with Gasteiger partial charge in [0.1, 0.15) is 5.82 Å². The Morgan fingerprint density at radius 2 is 2.27 bits per heavy atom. The van der Waals surface area contributed by atoms with E-state index in [1.807, 2.05) is 0 Å². The van der Waals surface area contributed by atoms with Crippen molar-refractivity contribution < 1.29 is 0 Å². The number of aromatic nitrogens is 2. The topological polar surface area (TPSA) is 43.8 Å². The number of nitrogens with two attached hydrogens (primary N) is 1. The van der Waals surface area contributed by atoms with E-state index in [0.717, 1.165) is 19.3 Å². The summed E-state index contributed by atoms with van der Waals surface area (Å²) in [5.41, 5.74) is 8.71. The van der Waals surface area contributed by atoms with Crippen LogP contribution in [-0.2, 0) is 12.8 Å². The lowest BCUT2D eigenvalue weighted by Crippen LogP contribution is -2.27. The third kappa shape index (κ3) is 1.93. The second-order valence-electron chi connectivity index (χ2n) is 4.99. The summed E-state index contributed by atoms with van der Waals surface area (Å²) in [6.07, 6.45) is 4.63. The number of aryl methyl sites for hydroxylation is 1. The molecule has 2 heterocycles. The third-order valence-electron chi connectivity index (χ3n) is 3.12. The summed E-state index contributed by atoms with van der Waals surface area (Å²) >= 11 is 0. The highest BCUT2D eigenvalue weighted by Crippen LogP contribution is 2.26. The molecule has 1 aliphatic heterocycles. The fraction of sp³-hybridized carbons (Fsp3) is 0.750. The lowest BCUT2D eigenvalue weighted by Gasteiger charge is -2.24. The highest BCUT2D eigenvalue weighted by molar-refractivity contribution is 5.19. The highest BCUT2D eigenvalue weighted by Gasteiger charge is 2.22. The maximum Gasteiger partial charge on any atom is 0.110 e. The van der Waals surface area contributed by atoms with Crippen LogP contribution in [0.3, 0.4) is 0 Å². The largest absolute Gasteiger partial charge is 0.316 e. The SMILES string of the molecule is Cc1nc(CC(C)C)n2c1CCCC2N. The van der Waals surface area contributed by atoms with Crippen molar-refractivity contribution in [1.82, 2.24) is 9.55 Å². The van der Waals surface area contributed by atoms with Crippen molar-refractivity contribution in [2.45, 2.75) is 52.6 Å². The van der Waals surface area contributed by atoms with Crippen LogP contribution in [0.15, 0.2) is 0 Å². The average Bonchev–Trinajstić information content (AvgIpc) is 2.44. The third-order valence-corrected chi connectivity index (χ3v) is 3.12. The molecule has 0 amide bonds. The van der Waals surface area contributed by atoms with E-state index in [9.17, 15) is 0 Å². The van der Waals surface area contributed by atoms with Crippen LogP contribution >= 0.6 is 0 Å². The molecule has 3 heteroatoms. The molecule has 1 aliphatic rings. The minimum Gasteiger partial charge on any atom is -0.316 e. The predicted molar refractivity (Wildman–Crippen MR) is 61.7 cm³/mol. The normalized spacial score (nSPS) is 20.7. The highest BCUT2D eigenvalue weighted by atomic mass is 15.2. The standard InChI is InChI=1S/C12H21N3/c1-8(2)7-12-14-9(3)10-5-4-6-11(13)15(10)12/h8,11H,4-7,13H2,1-3H3. The summed E-state index contributed by atoms with van der Waals surface area (Å²) in [6, 6.07) is 0. The van der Waals surface area contributed by atoms with Gasteiger partial charge < -0.3 is 10.3 Å². The van der Waals surface area contributed by atoms with E-state index in [2.05, 4.69) is 30.3 Å². The van der Waals surface area contributed by atoms with Crippen molar-refractivity contribution in [2.75, 3.05) is 0 Å². The molecule has 2 rings (SSSR count). The van der Waals surface area contributed by atoms with Gasteiger partial charge in [-0.15, -0.1) is 0 Å². The van der Waals surface area contributed by atoms with Crippen molar-refractivity contribution >= 4 is 0 Å². The Labute approximate surface area is 91.7 Å². The van der Waals surface area contributed by atoms with Crippen molar-refractivity contribution in [3.63, 3.8) is 0 Å². The van der Waals surface area contributed by atoms with Crippen molar-refractivity contribution in [3.05, 3.63) is 17.2 Å². The number of fused-ring (bicyclic) bond motifs is 1. The number of rotatable bonds is 2. The molecule has 1 unspecified atom stereocenters. The zero-order chi connectivity index (χ0) is 11.0. The first-order chi connectivity index (χ1) is 7.09. The van der Waals surface area contributed by atoms with Gasteiger partial charge in [-0.2, -0.15) is 0 Å². The van der Waals surface area contributed by atoms with Gasteiger partial charge >= 0.3 is 0 Å². The van der Waals surface area contributed by atoms with Crippen LogP contribution in [0.2, 0.25) is 0 Å². The van der Waals surface area contributed by atoms with E-state index in [0.29, 0.717) is 5.92 Å².